The van der Waals surface area contributed by atoms with Crippen molar-refractivity contribution in [2.75, 3.05) is 18.0 Å². The third-order valence-electron chi connectivity index (χ3n) is 4.89. The fourth-order valence-corrected chi connectivity index (χ4v) is 3.74. The number of amides is 2. The number of aromatic nitrogens is 2. The van der Waals surface area contributed by atoms with Gasteiger partial charge in [0.1, 0.15) is 11.4 Å². The van der Waals surface area contributed by atoms with Crippen molar-refractivity contribution in [3.05, 3.63) is 53.1 Å². The van der Waals surface area contributed by atoms with Crippen molar-refractivity contribution < 1.29 is 27.2 Å². The van der Waals surface area contributed by atoms with Gasteiger partial charge in [0.2, 0.25) is 0 Å². The summed E-state index contributed by atoms with van der Waals surface area (Å²) in [7, 11) is 0. The molecule has 0 saturated carbocycles. The first-order valence-corrected chi connectivity index (χ1v) is 10.1. The van der Waals surface area contributed by atoms with Gasteiger partial charge in [0.25, 0.3) is 0 Å². The van der Waals surface area contributed by atoms with Crippen LogP contribution in [0.5, 0.6) is 0 Å². The average Bonchev–Trinajstić information content (AvgIpc) is 2.95. The van der Waals surface area contributed by atoms with Crippen LogP contribution in [0.25, 0.3) is 0 Å². The molecule has 32 heavy (non-hydrogen) atoms. The summed E-state index contributed by atoms with van der Waals surface area (Å²) in [6, 6.07) is 3.75. The fraction of sp³-hybridized carbons (Fsp3) is 0.429. The zero-order chi connectivity index (χ0) is 23.7. The molecule has 0 aromatic carbocycles. The molecular formula is C21H21ClF4N4O2. The van der Waals surface area contributed by atoms with E-state index in [0.29, 0.717) is 10.7 Å². The van der Waals surface area contributed by atoms with Crippen LogP contribution >= 0.6 is 11.6 Å². The van der Waals surface area contributed by atoms with Crippen LogP contribution in [-0.2, 0) is 17.4 Å². The normalized spacial score (nSPS) is 17.2. The largest absolute Gasteiger partial charge is 0.433 e. The first-order chi connectivity index (χ1) is 14.8. The second-order valence-corrected chi connectivity index (χ2v) is 8.61. The highest BCUT2D eigenvalue weighted by atomic mass is 35.5. The van der Waals surface area contributed by atoms with Crippen molar-refractivity contribution in [3.63, 3.8) is 0 Å². The van der Waals surface area contributed by atoms with Crippen molar-refractivity contribution >= 4 is 29.1 Å². The Morgan fingerprint density at radius 3 is 2.47 bits per heavy atom. The molecule has 0 aliphatic carbocycles. The van der Waals surface area contributed by atoms with Gasteiger partial charge in [-0.25, -0.2) is 14.2 Å². The highest BCUT2D eigenvalue weighted by Crippen LogP contribution is 2.32. The van der Waals surface area contributed by atoms with Crippen LogP contribution in [0.3, 0.4) is 0 Å². The van der Waals surface area contributed by atoms with Crippen molar-refractivity contribution in [3.8, 4) is 0 Å². The fourth-order valence-electron chi connectivity index (χ4n) is 3.55. The number of urea groups is 1. The third kappa shape index (κ3) is 5.93. The van der Waals surface area contributed by atoms with Crippen LogP contribution in [0.1, 0.15) is 31.7 Å². The smallest absolute Gasteiger partial charge is 0.312 e. The van der Waals surface area contributed by atoms with E-state index in [0.717, 1.165) is 18.3 Å². The van der Waals surface area contributed by atoms with Crippen molar-refractivity contribution in [2.24, 2.45) is 0 Å². The molecule has 1 aliphatic rings. The molecule has 1 atom stereocenters. The Labute approximate surface area is 187 Å². The van der Waals surface area contributed by atoms with Crippen LogP contribution in [-0.4, -0.2) is 51.5 Å². The van der Waals surface area contributed by atoms with Crippen LogP contribution in [0.2, 0.25) is 5.02 Å². The van der Waals surface area contributed by atoms with Gasteiger partial charge in [-0.05, 0) is 38.1 Å². The lowest BCUT2D eigenvalue weighted by molar-refractivity contribution is -0.141. The van der Waals surface area contributed by atoms with Gasteiger partial charge >= 0.3 is 12.2 Å². The standard InChI is InChI=1S/C21H21ClF4N4O2/c1-20(2,23)9-16-11-29(15-3-4-18(28-10-15)21(24,25)26)19(32)30(16)12-17(31)8-14-7-13(22)5-6-27-14/h3-7,10,16H,8-9,11-12H2,1-2H3/t16-/m0/s1. The molecule has 0 unspecified atom stereocenters. The summed E-state index contributed by atoms with van der Waals surface area (Å²) in [5.74, 6) is -0.331. The highest BCUT2D eigenvalue weighted by Gasteiger charge is 2.42. The van der Waals surface area contributed by atoms with E-state index in [1.807, 2.05) is 0 Å². The molecule has 3 heterocycles. The molecule has 1 aliphatic heterocycles. The summed E-state index contributed by atoms with van der Waals surface area (Å²) in [5, 5.41) is 0.415. The Bertz CT molecular complexity index is 993. The molecule has 0 N–H and O–H groups in total. The molecule has 0 bridgehead atoms. The van der Waals surface area contributed by atoms with Crippen molar-refractivity contribution in [1.82, 2.24) is 14.9 Å². The number of anilines is 1. The van der Waals surface area contributed by atoms with Crippen LogP contribution in [0, 0.1) is 0 Å². The minimum Gasteiger partial charge on any atom is -0.312 e. The molecule has 1 fully saturated rings. The van der Waals surface area contributed by atoms with Crippen LogP contribution < -0.4 is 4.90 Å². The maximum absolute atomic E-state index is 14.4. The molecule has 172 valence electrons. The van der Waals surface area contributed by atoms with Crippen LogP contribution in [0.4, 0.5) is 28.0 Å². The lowest BCUT2D eigenvalue weighted by atomic mass is 10.00. The Hall–Kier alpha value is -2.75. The van der Waals surface area contributed by atoms with Gasteiger partial charge in [0, 0.05) is 29.9 Å². The van der Waals surface area contributed by atoms with E-state index in [2.05, 4.69) is 9.97 Å². The minimum atomic E-state index is -4.61. The number of Topliss-reactive ketones (excluding diaryl/α,β-unsaturated/α-hetero) is 1. The van der Waals surface area contributed by atoms with Gasteiger partial charge < -0.3 is 4.90 Å². The minimum absolute atomic E-state index is 0.0158. The van der Waals surface area contributed by atoms with Gasteiger partial charge in [-0.15, -0.1) is 0 Å². The van der Waals surface area contributed by atoms with Crippen molar-refractivity contribution in [2.45, 2.75) is 44.6 Å². The second-order valence-electron chi connectivity index (χ2n) is 8.18. The lowest BCUT2D eigenvalue weighted by Gasteiger charge is -2.26. The summed E-state index contributed by atoms with van der Waals surface area (Å²) in [6.07, 6.45) is -2.33. The van der Waals surface area contributed by atoms with Crippen LogP contribution in [0.15, 0.2) is 36.7 Å². The first kappa shape index (κ1) is 23.9. The Kier molecular flexibility index (Phi) is 6.73. The SMILES string of the molecule is CC(C)(F)C[C@H]1CN(c2ccc(C(F)(F)F)nc2)C(=O)N1CC(=O)Cc1cc(Cl)ccn1. The Morgan fingerprint density at radius 2 is 1.91 bits per heavy atom. The third-order valence-corrected chi connectivity index (χ3v) is 5.12. The Balaban J connectivity index is 1.79. The van der Waals surface area contributed by atoms with Crippen molar-refractivity contribution in [1.29, 1.82) is 0 Å². The molecule has 1 saturated heterocycles. The zero-order valence-corrected chi connectivity index (χ0v) is 18.1. The van der Waals surface area contributed by atoms with E-state index >= 15 is 0 Å². The van der Waals surface area contributed by atoms with E-state index in [9.17, 15) is 27.2 Å². The van der Waals surface area contributed by atoms with E-state index in [1.165, 1.54) is 35.9 Å². The number of alkyl halides is 4. The summed E-state index contributed by atoms with van der Waals surface area (Å²) in [5.41, 5.74) is -2.15. The first-order valence-electron chi connectivity index (χ1n) is 9.76. The number of hydrogen-bond donors (Lipinski definition) is 0. The maximum Gasteiger partial charge on any atom is 0.433 e. The predicted octanol–water partition coefficient (Wildman–Crippen LogP) is 4.71. The summed E-state index contributed by atoms with van der Waals surface area (Å²) in [4.78, 5) is 35.5. The number of halogens is 5. The van der Waals surface area contributed by atoms with Gasteiger partial charge in [0.15, 0.2) is 5.78 Å². The van der Waals surface area contributed by atoms with E-state index in [-0.39, 0.29) is 37.4 Å². The number of pyridine rings is 2. The number of rotatable bonds is 7. The Morgan fingerprint density at radius 1 is 1.19 bits per heavy atom. The quantitative estimate of drug-likeness (QED) is 0.547. The lowest BCUT2D eigenvalue weighted by Crippen LogP contribution is -2.41. The number of carbonyl (C=O) groups is 2. The average molecular weight is 473 g/mol. The van der Waals surface area contributed by atoms with Gasteiger partial charge in [-0.3, -0.25) is 14.7 Å². The molecular weight excluding hydrogens is 452 g/mol. The summed E-state index contributed by atoms with van der Waals surface area (Å²) >= 11 is 5.90. The number of hydrogen-bond acceptors (Lipinski definition) is 4. The zero-order valence-electron chi connectivity index (χ0n) is 17.4. The molecule has 3 rings (SSSR count). The maximum atomic E-state index is 14.4. The molecule has 2 amide bonds. The van der Waals surface area contributed by atoms with E-state index in [1.54, 1.807) is 6.07 Å². The molecule has 2 aromatic heterocycles. The number of carbonyl (C=O) groups excluding carboxylic acids is 2. The van der Waals surface area contributed by atoms with E-state index < -0.39 is 29.6 Å². The summed E-state index contributed by atoms with van der Waals surface area (Å²) < 4.78 is 52.7. The molecule has 6 nitrogen and oxygen atoms in total. The molecule has 2 aromatic rings. The predicted molar refractivity (Wildman–Crippen MR) is 110 cm³/mol. The molecule has 0 radical (unpaired) electrons. The van der Waals surface area contributed by atoms with Gasteiger partial charge in [-0.2, -0.15) is 13.2 Å². The number of ketones is 1. The second kappa shape index (κ2) is 9.01. The molecule has 11 heteroatoms. The van der Waals surface area contributed by atoms with Gasteiger partial charge in [-0.1, -0.05) is 11.6 Å². The summed E-state index contributed by atoms with van der Waals surface area (Å²) in [6.45, 7) is 2.44. The number of nitrogens with zero attached hydrogens (tertiary/aromatic N) is 4. The van der Waals surface area contributed by atoms with Gasteiger partial charge in [0.05, 0.1) is 30.9 Å². The van der Waals surface area contributed by atoms with E-state index in [4.69, 9.17) is 11.6 Å². The highest BCUT2D eigenvalue weighted by molar-refractivity contribution is 6.30. The topological polar surface area (TPSA) is 66.4 Å². The molecule has 0 spiro atoms. The monoisotopic (exact) mass is 472 g/mol.